The highest BCUT2D eigenvalue weighted by atomic mass is 35.5. The molecule has 31 heavy (non-hydrogen) atoms. The number of nitrogens with zero attached hydrogens (tertiary/aromatic N) is 1. The Morgan fingerprint density at radius 3 is 2.45 bits per heavy atom. The molecule has 1 fully saturated rings. The molecule has 0 aliphatic carbocycles. The number of halogens is 2. The molecule has 0 radical (unpaired) electrons. The van der Waals surface area contributed by atoms with Gasteiger partial charge in [0.1, 0.15) is 9.88 Å². The molecule has 0 saturated carbocycles. The molecule has 4 N–H and O–H groups in total. The molecule has 0 atom stereocenters. The van der Waals surface area contributed by atoms with Crippen LogP contribution < -0.4 is 16.4 Å². The second-order valence-corrected chi connectivity index (χ2v) is 8.90. The molecule has 9 heteroatoms. The number of benzene rings is 2. The van der Waals surface area contributed by atoms with E-state index in [-0.39, 0.29) is 32.8 Å². The van der Waals surface area contributed by atoms with Crippen LogP contribution in [0, 0.1) is 0 Å². The number of amides is 1. The van der Waals surface area contributed by atoms with Gasteiger partial charge in [-0.25, -0.2) is 0 Å². The predicted molar refractivity (Wildman–Crippen MR) is 127 cm³/mol. The Bertz CT molecular complexity index is 1130. The minimum absolute atomic E-state index is 0.156. The van der Waals surface area contributed by atoms with Gasteiger partial charge in [-0.05, 0) is 30.3 Å². The van der Waals surface area contributed by atoms with Crippen LogP contribution in [-0.4, -0.2) is 42.8 Å². The number of anilines is 3. The molecule has 1 aliphatic heterocycles. The van der Waals surface area contributed by atoms with Crippen molar-refractivity contribution >= 4 is 62.6 Å². The number of nitrogens with one attached hydrogen (secondary N) is 2. The normalized spacial score (nSPS) is 13.8. The molecule has 0 unspecified atom stereocenters. The molecule has 1 saturated heterocycles. The average Bonchev–Trinajstić information content (AvgIpc) is 3.09. The van der Waals surface area contributed by atoms with Gasteiger partial charge in [-0.15, -0.1) is 11.3 Å². The lowest BCUT2D eigenvalue weighted by atomic mass is 10.1. The van der Waals surface area contributed by atoms with Crippen molar-refractivity contribution in [2.24, 2.45) is 0 Å². The van der Waals surface area contributed by atoms with Crippen LogP contribution in [0.5, 0.6) is 0 Å². The molecule has 0 spiro atoms. The number of hydrogen-bond donors (Lipinski definition) is 3. The van der Waals surface area contributed by atoms with E-state index in [1.807, 2.05) is 30.3 Å². The zero-order valence-electron chi connectivity index (χ0n) is 16.5. The van der Waals surface area contributed by atoms with E-state index >= 15 is 0 Å². The van der Waals surface area contributed by atoms with Crippen LogP contribution in [-0.2, 0) is 0 Å². The maximum absolute atomic E-state index is 13.3. The molecular formula is C22H20Cl2N4O2S. The van der Waals surface area contributed by atoms with Crippen LogP contribution in [0.3, 0.4) is 0 Å². The lowest BCUT2D eigenvalue weighted by Crippen LogP contribution is -2.46. The van der Waals surface area contributed by atoms with Gasteiger partial charge in [-0.2, -0.15) is 0 Å². The average molecular weight is 475 g/mol. The number of carbonyl (C=O) groups excluding carboxylic acids is 2. The summed E-state index contributed by atoms with van der Waals surface area (Å²) in [6, 6.07) is 14.1. The van der Waals surface area contributed by atoms with E-state index in [2.05, 4.69) is 10.6 Å². The summed E-state index contributed by atoms with van der Waals surface area (Å²) in [5, 5.41) is 7.68. The summed E-state index contributed by atoms with van der Waals surface area (Å²) in [5.41, 5.74) is 7.94. The maximum atomic E-state index is 13.3. The summed E-state index contributed by atoms with van der Waals surface area (Å²) in [5.74, 6) is -0.547. The highest BCUT2D eigenvalue weighted by Crippen LogP contribution is 2.40. The summed E-state index contributed by atoms with van der Waals surface area (Å²) in [7, 11) is 0. The molecule has 1 aromatic heterocycles. The summed E-state index contributed by atoms with van der Waals surface area (Å²) in [6.07, 6.45) is 0. The third-order valence-electron chi connectivity index (χ3n) is 4.98. The van der Waals surface area contributed by atoms with Gasteiger partial charge in [0.05, 0.1) is 16.3 Å². The number of carbonyl (C=O) groups is 2. The highest BCUT2D eigenvalue weighted by molar-refractivity contribution is 7.19. The fourth-order valence-electron chi connectivity index (χ4n) is 3.39. The van der Waals surface area contributed by atoms with Crippen molar-refractivity contribution in [1.82, 2.24) is 10.2 Å². The van der Waals surface area contributed by atoms with E-state index in [0.717, 1.165) is 17.0 Å². The number of hydrogen-bond acceptors (Lipinski definition) is 6. The van der Waals surface area contributed by atoms with Gasteiger partial charge in [-0.1, -0.05) is 41.4 Å². The smallest absolute Gasteiger partial charge is 0.259 e. The Labute approximate surface area is 193 Å². The van der Waals surface area contributed by atoms with Crippen LogP contribution in [0.25, 0.3) is 0 Å². The van der Waals surface area contributed by atoms with Crippen LogP contribution in [0.2, 0.25) is 10.0 Å². The topological polar surface area (TPSA) is 87.5 Å². The largest absolute Gasteiger partial charge is 0.397 e. The number of rotatable bonds is 5. The highest BCUT2D eigenvalue weighted by Gasteiger charge is 2.30. The Hall–Kier alpha value is -2.58. The van der Waals surface area contributed by atoms with Gasteiger partial charge in [0.15, 0.2) is 0 Å². The van der Waals surface area contributed by atoms with Crippen molar-refractivity contribution in [2.75, 3.05) is 37.2 Å². The lowest BCUT2D eigenvalue weighted by Gasteiger charge is -2.27. The molecule has 1 amide bonds. The number of thiophene rings is 1. The SMILES string of the molecule is Nc1c(C(=O)c2ccc(Cl)cc2Cl)sc(Nc2ccccc2)c1C(=O)N1CCNCC1. The van der Waals surface area contributed by atoms with Gasteiger partial charge in [0.2, 0.25) is 5.78 Å². The van der Waals surface area contributed by atoms with E-state index in [4.69, 9.17) is 28.9 Å². The third-order valence-corrected chi connectivity index (χ3v) is 6.64. The first-order chi connectivity index (χ1) is 15.0. The molecule has 2 heterocycles. The van der Waals surface area contributed by atoms with Crippen molar-refractivity contribution in [2.45, 2.75) is 0 Å². The molecule has 1 aliphatic rings. The number of nitrogens with two attached hydrogens (primary N) is 1. The molecule has 160 valence electrons. The van der Waals surface area contributed by atoms with Crippen molar-refractivity contribution in [3.8, 4) is 0 Å². The van der Waals surface area contributed by atoms with E-state index < -0.39 is 0 Å². The van der Waals surface area contributed by atoms with Crippen LogP contribution in [0.15, 0.2) is 48.5 Å². The first kappa shape index (κ1) is 21.6. The lowest BCUT2D eigenvalue weighted by molar-refractivity contribution is 0.0738. The third kappa shape index (κ3) is 4.55. The minimum atomic E-state index is -0.348. The second kappa shape index (κ2) is 9.28. The zero-order valence-corrected chi connectivity index (χ0v) is 18.8. The van der Waals surface area contributed by atoms with Crippen molar-refractivity contribution in [3.63, 3.8) is 0 Å². The van der Waals surface area contributed by atoms with Crippen LogP contribution >= 0.6 is 34.5 Å². The fourth-order valence-corrected chi connectivity index (χ4v) is 4.97. The summed E-state index contributed by atoms with van der Waals surface area (Å²) in [4.78, 5) is 28.6. The maximum Gasteiger partial charge on any atom is 0.259 e. The Morgan fingerprint density at radius 2 is 1.77 bits per heavy atom. The Morgan fingerprint density at radius 1 is 1.06 bits per heavy atom. The molecular weight excluding hydrogens is 455 g/mol. The molecule has 6 nitrogen and oxygen atoms in total. The summed E-state index contributed by atoms with van der Waals surface area (Å²) < 4.78 is 0. The van der Waals surface area contributed by atoms with Crippen molar-refractivity contribution in [3.05, 3.63) is 74.6 Å². The van der Waals surface area contributed by atoms with Gasteiger partial charge < -0.3 is 21.3 Å². The Kier molecular flexibility index (Phi) is 6.48. The molecule has 3 aromatic rings. The standard InChI is InChI=1S/C22H20Cl2N4O2S/c23-13-6-7-15(16(24)12-13)19(29)20-18(25)17(22(30)28-10-8-26-9-11-28)21(31-20)27-14-4-2-1-3-5-14/h1-7,12,26-27H,8-11,25H2. The van der Waals surface area contributed by atoms with Gasteiger partial charge >= 0.3 is 0 Å². The van der Waals surface area contributed by atoms with Crippen molar-refractivity contribution < 1.29 is 9.59 Å². The fraction of sp³-hybridized carbons (Fsp3) is 0.182. The molecule has 0 bridgehead atoms. The van der Waals surface area contributed by atoms with E-state index in [1.54, 1.807) is 17.0 Å². The van der Waals surface area contributed by atoms with Crippen LogP contribution in [0.4, 0.5) is 16.4 Å². The zero-order chi connectivity index (χ0) is 22.0. The van der Waals surface area contributed by atoms with E-state index in [1.165, 1.54) is 6.07 Å². The number of para-hydroxylation sites is 1. The molecule has 4 rings (SSSR count). The summed E-state index contributed by atoms with van der Waals surface area (Å²) >= 11 is 13.4. The molecule has 2 aromatic carbocycles. The van der Waals surface area contributed by atoms with Crippen molar-refractivity contribution in [1.29, 1.82) is 0 Å². The van der Waals surface area contributed by atoms with E-state index in [0.29, 0.717) is 41.8 Å². The van der Waals surface area contributed by atoms with Crippen LogP contribution in [0.1, 0.15) is 25.6 Å². The van der Waals surface area contributed by atoms with Gasteiger partial charge in [-0.3, -0.25) is 9.59 Å². The predicted octanol–water partition coefficient (Wildman–Crippen LogP) is 4.66. The van der Waals surface area contributed by atoms with Gasteiger partial charge in [0.25, 0.3) is 5.91 Å². The van der Waals surface area contributed by atoms with E-state index in [9.17, 15) is 9.59 Å². The first-order valence-electron chi connectivity index (χ1n) is 9.70. The first-order valence-corrected chi connectivity index (χ1v) is 11.3. The number of nitrogen functional groups attached to an aromatic ring is 1. The van der Waals surface area contributed by atoms with Gasteiger partial charge in [0, 0.05) is 42.5 Å². The second-order valence-electron chi connectivity index (χ2n) is 7.04. The summed E-state index contributed by atoms with van der Waals surface area (Å²) in [6.45, 7) is 2.57. The number of piperazine rings is 1. The quantitative estimate of drug-likeness (QED) is 0.468. The minimum Gasteiger partial charge on any atom is -0.397 e. The number of ketones is 1. The Balaban J connectivity index is 1.77. The monoisotopic (exact) mass is 474 g/mol.